The van der Waals surface area contributed by atoms with Crippen LogP contribution >= 0.6 is 11.3 Å². The summed E-state index contributed by atoms with van der Waals surface area (Å²) in [4.78, 5) is 32.8. The number of carbonyl (C=O) groups excluding carboxylic acids is 2. The highest BCUT2D eigenvalue weighted by atomic mass is 32.1. The van der Waals surface area contributed by atoms with Crippen LogP contribution in [0.15, 0.2) is 78.4 Å². The molecule has 3 aromatic carbocycles. The van der Waals surface area contributed by atoms with Crippen LogP contribution in [0.3, 0.4) is 0 Å². The highest BCUT2D eigenvalue weighted by molar-refractivity contribution is 7.22. The van der Waals surface area contributed by atoms with Gasteiger partial charge in [-0.1, -0.05) is 54.7 Å². The van der Waals surface area contributed by atoms with Gasteiger partial charge in [0.05, 0.1) is 28.4 Å². The predicted octanol–water partition coefficient (Wildman–Crippen LogP) is 5.88. The summed E-state index contributed by atoms with van der Waals surface area (Å²) < 4.78 is 6.43. The van der Waals surface area contributed by atoms with Crippen molar-refractivity contribution >= 4 is 44.1 Å². The van der Waals surface area contributed by atoms with Gasteiger partial charge in [0.1, 0.15) is 11.5 Å². The van der Waals surface area contributed by atoms with Crippen LogP contribution in [-0.2, 0) is 16.0 Å². The number of ketones is 1. The van der Waals surface area contributed by atoms with Crippen molar-refractivity contribution in [2.45, 2.75) is 26.3 Å². The Kier molecular flexibility index (Phi) is 6.09. The number of thiazole rings is 1. The Labute approximate surface area is 207 Å². The maximum absolute atomic E-state index is 13.4. The SMILES string of the molecule is CCOc1ccc(C(O)=C2C(=O)C(=O)N(c3nc4ccc(CC)cc4s3)[C@H]2c2ccccc2)cc1. The lowest BCUT2D eigenvalue weighted by Crippen LogP contribution is -2.29. The van der Waals surface area contributed by atoms with Gasteiger partial charge in [0.2, 0.25) is 0 Å². The van der Waals surface area contributed by atoms with Gasteiger partial charge < -0.3 is 9.84 Å². The smallest absolute Gasteiger partial charge is 0.301 e. The fourth-order valence-electron chi connectivity index (χ4n) is 4.29. The van der Waals surface area contributed by atoms with E-state index in [9.17, 15) is 14.7 Å². The highest BCUT2D eigenvalue weighted by Gasteiger charge is 2.48. The molecule has 1 aliphatic heterocycles. The van der Waals surface area contributed by atoms with Gasteiger partial charge in [-0.3, -0.25) is 14.5 Å². The zero-order chi connectivity index (χ0) is 24.5. The summed E-state index contributed by atoms with van der Waals surface area (Å²) in [7, 11) is 0. The number of aliphatic hydroxyl groups is 1. The third-order valence-corrected chi connectivity index (χ3v) is 7.07. The average molecular weight is 485 g/mol. The van der Waals surface area contributed by atoms with Gasteiger partial charge in [-0.25, -0.2) is 4.98 Å². The molecule has 1 saturated heterocycles. The number of aliphatic hydroxyl groups excluding tert-OH is 1. The van der Waals surface area contributed by atoms with Crippen LogP contribution in [0.1, 0.15) is 36.6 Å². The number of aryl methyl sites for hydroxylation is 1. The number of rotatable bonds is 6. The molecule has 0 radical (unpaired) electrons. The number of aromatic nitrogens is 1. The molecular formula is C28H24N2O4S. The topological polar surface area (TPSA) is 79.7 Å². The fourth-order valence-corrected chi connectivity index (χ4v) is 5.35. The summed E-state index contributed by atoms with van der Waals surface area (Å²) in [6.07, 6.45) is 0.889. The average Bonchev–Trinajstić information content (AvgIpc) is 3.42. The van der Waals surface area contributed by atoms with Crippen LogP contribution in [0.5, 0.6) is 5.75 Å². The summed E-state index contributed by atoms with van der Waals surface area (Å²) in [5.74, 6) is -1.01. The fraction of sp³-hybridized carbons (Fsp3) is 0.179. The van der Waals surface area contributed by atoms with Crippen molar-refractivity contribution in [3.63, 3.8) is 0 Å². The Hall–Kier alpha value is -3.97. The van der Waals surface area contributed by atoms with E-state index in [-0.39, 0.29) is 11.3 Å². The maximum atomic E-state index is 13.4. The number of ether oxygens (including phenoxy) is 1. The van der Waals surface area contributed by atoms with Crippen LogP contribution in [-0.4, -0.2) is 28.4 Å². The molecule has 35 heavy (non-hydrogen) atoms. The molecule has 1 atom stereocenters. The van der Waals surface area contributed by atoms with Gasteiger partial charge in [-0.2, -0.15) is 0 Å². The number of carbonyl (C=O) groups is 2. The molecule has 2 heterocycles. The number of hydrogen-bond donors (Lipinski definition) is 1. The van der Waals surface area contributed by atoms with Crippen LogP contribution in [0, 0.1) is 0 Å². The van der Waals surface area contributed by atoms with Crippen molar-refractivity contribution in [3.8, 4) is 5.75 Å². The van der Waals surface area contributed by atoms with E-state index in [1.165, 1.54) is 21.8 Å². The molecule has 0 unspecified atom stereocenters. The van der Waals surface area contributed by atoms with Crippen LogP contribution < -0.4 is 9.64 Å². The summed E-state index contributed by atoms with van der Waals surface area (Å²) >= 11 is 1.37. The van der Waals surface area contributed by atoms with E-state index in [0.29, 0.717) is 28.6 Å². The van der Waals surface area contributed by atoms with Gasteiger partial charge >= 0.3 is 5.91 Å². The molecule has 6 nitrogen and oxygen atoms in total. The van der Waals surface area contributed by atoms with Gasteiger partial charge in [-0.05, 0) is 60.9 Å². The number of fused-ring (bicyclic) bond motifs is 1. The third-order valence-electron chi connectivity index (χ3n) is 6.05. The molecule has 1 aliphatic rings. The van der Waals surface area contributed by atoms with Crippen molar-refractivity contribution in [3.05, 3.63) is 95.1 Å². The van der Waals surface area contributed by atoms with E-state index in [2.05, 4.69) is 18.0 Å². The Bertz CT molecular complexity index is 1440. The molecule has 1 amide bonds. The first kappa shape index (κ1) is 22.8. The quantitative estimate of drug-likeness (QED) is 0.210. The molecule has 4 aromatic rings. The second kappa shape index (κ2) is 9.35. The second-order valence-electron chi connectivity index (χ2n) is 8.19. The lowest BCUT2D eigenvalue weighted by Gasteiger charge is -2.22. The number of amides is 1. The first-order valence-corrected chi connectivity index (χ1v) is 12.3. The van der Waals surface area contributed by atoms with Gasteiger partial charge in [-0.15, -0.1) is 0 Å². The first-order valence-electron chi connectivity index (χ1n) is 11.5. The van der Waals surface area contributed by atoms with Gasteiger partial charge in [0, 0.05) is 5.56 Å². The number of anilines is 1. The number of nitrogens with zero attached hydrogens (tertiary/aromatic N) is 2. The molecular weight excluding hydrogens is 460 g/mol. The van der Waals surface area contributed by atoms with Crippen molar-refractivity contribution in [2.24, 2.45) is 0 Å². The monoisotopic (exact) mass is 484 g/mol. The van der Waals surface area contributed by atoms with E-state index in [0.717, 1.165) is 16.6 Å². The number of benzene rings is 3. The minimum absolute atomic E-state index is 0.0406. The van der Waals surface area contributed by atoms with E-state index in [4.69, 9.17) is 4.74 Å². The number of hydrogen-bond acceptors (Lipinski definition) is 6. The first-order chi connectivity index (χ1) is 17.0. The molecule has 5 rings (SSSR count). The molecule has 0 aliphatic carbocycles. The highest BCUT2D eigenvalue weighted by Crippen LogP contribution is 2.44. The largest absolute Gasteiger partial charge is 0.507 e. The number of Topliss-reactive ketones (excluding diaryl/α,β-unsaturated/α-hetero) is 1. The van der Waals surface area contributed by atoms with Crippen molar-refractivity contribution in [2.75, 3.05) is 11.5 Å². The van der Waals surface area contributed by atoms with Crippen LogP contribution in [0.25, 0.3) is 16.0 Å². The van der Waals surface area contributed by atoms with E-state index in [1.54, 1.807) is 24.3 Å². The maximum Gasteiger partial charge on any atom is 0.301 e. The third kappa shape index (κ3) is 4.08. The molecule has 1 aromatic heterocycles. The van der Waals surface area contributed by atoms with E-state index in [1.807, 2.05) is 49.4 Å². The second-order valence-corrected chi connectivity index (χ2v) is 9.20. The molecule has 0 bridgehead atoms. The van der Waals surface area contributed by atoms with Crippen LogP contribution in [0.4, 0.5) is 5.13 Å². The predicted molar refractivity (Wildman–Crippen MR) is 138 cm³/mol. The summed E-state index contributed by atoms with van der Waals surface area (Å²) in [5.41, 5.74) is 3.13. The zero-order valence-electron chi connectivity index (χ0n) is 19.4. The Morgan fingerprint density at radius 3 is 2.46 bits per heavy atom. The minimum atomic E-state index is -0.797. The van der Waals surface area contributed by atoms with Crippen molar-refractivity contribution < 1.29 is 19.4 Å². The molecule has 1 N–H and O–H groups in total. The lowest BCUT2D eigenvalue weighted by molar-refractivity contribution is -0.132. The molecule has 0 spiro atoms. The molecule has 7 heteroatoms. The Balaban J connectivity index is 1.66. The van der Waals surface area contributed by atoms with E-state index < -0.39 is 17.7 Å². The molecule has 176 valence electrons. The summed E-state index contributed by atoms with van der Waals surface area (Å²) in [5, 5.41) is 11.7. The molecule has 1 fully saturated rings. The lowest BCUT2D eigenvalue weighted by atomic mass is 9.95. The molecule has 0 saturated carbocycles. The van der Waals surface area contributed by atoms with Gasteiger partial charge in [0.15, 0.2) is 5.13 Å². The standard InChI is InChI=1S/C28H24N2O4S/c1-3-17-10-15-21-22(16-17)35-28(29-21)30-24(18-8-6-5-7-9-18)23(26(32)27(30)33)25(31)19-11-13-20(14-12-19)34-4-2/h5-16,24,31H,3-4H2,1-2H3/t24-/m0/s1. The zero-order valence-corrected chi connectivity index (χ0v) is 20.2. The van der Waals surface area contributed by atoms with Crippen LogP contribution in [0.2, 0.25) is 0 Å². The minimum Gasteiger partial charge on any atom is -0.507 e. The van der Waals surface area contributed by atoms with E-state index >= 15 is 0 Å². The van der Waals surface area contributed by atoms with Gasteiger partial charge in [0.25, 0.3) is 5.78 Å². The normalized spacial score (nSPS) is 17.3. The van der Waals surface area contributed by atoms with Crippen molar-refractivity contribution in [1.82, 2.24) is 4.98 Å². The summed E-state index contributed by atoms with van der Waals surface area (Å²) in [6, 6.07) is 21.3. The Morgan fingerprint density at radius 2 is 1.77 bits per heavy atom. The summed E-state index contributed by atoms with van der Waals surface area (Å²) in [6.45, 7) is 4.49. The van der Waals surface area contributed by atoms with Crippen molar-refractivity contribution in [1.29, 1.82) is 0 Å². The Morgan fingerprint density at radius 1 is 1.03 bits per heavy atom.